The van der Waals surface area contributed by atoms with Crippen LogP contribution in [0.2, 0.25) is 0 Å². The molecule has 0 saturated carbocycles. The molecule has 0 bridgehead atoms. The van der Waals surface area contributed by atoms with E-state index in [1.54, 1.807) is 0 Å². The maximum absolute atomic E-state index is 5.45. The molecule has 1 atom stereocenters. The molecule has 2 rings (SSSR count). The highest BCUT2D eigenvalue weighted by Gasteiger charge is 2.12. The van der Waals surface area contributed by atoms with Gasteiger partial charge in [0.15, 0.2) is 0 Å². The molecule has 1 aromatic rings. The van der Waals surface area contributed by atoms with Crippen LogP contribution in [0.1, 0.15) is 18.1 Å². The Morgan fingerprint density at radius 3 is 3.15 bits per heavy atom. The summed E-state index contributed by atoms with van der Waals surface area (Å²) >= 11 is 3.56. The van der Waals surface area contributed by atoms with Gasteiger partial charge in [0, 0.05) is 11.2 Å². The monoisotopic (exact) mass is 240 g/mol. The second kappa shape index (κ2) is 3.70. The maximum atomic E-state index is 5.45. The van der Waals surface area contributed by atoms with Gasteiger partial charge in [0.05, 0.1) is 6.61 Å². The fourth-order valence-electron chi connectivity index (χ4n) is 1.69. The van der Waals surface area contributed by atoms with E-state index in [2.05, 4.69) is 41.1 Å². The van der Waals surface area contributed by atoms with Crippen LogP contribution < -0.4 is 4.74 Å². The second-order valence-corrected chi connectivity index (χ2v) is 5.09. The summed E-state index contributed by atoms with van der Waals surface area (Å²) in [4.78, 5) is 0.549. The third-order valence-electron chi connectivity index (χ3n) is 2.27. The normalized spacial score (nSPS) is 16.5. The molecule has 1 aliphatic heterocycles. The van der Waals surface area contributed by atoms with Crippen LogP contribution in [0.3, 0.4) is 0 Å². The van der Waals surface area contributed by atoms with E-state index in [0.29, 0.717) is 4.83 Å². The first kappa shape index (κ1) is 9.07. The quantitative estimate of drug-likeness (QED) is 0.723. The molecule has 1 aliphatic rings. The van der Waals surface area contributed by atoms with Gasteiger partial charge >= 0.3 is 0 Å². The Hall–Kier alpha value is -0.500. The van der Waals surface area contributed by atoms with Crippen molar-refractivity contribution in [2.75, 3.05) is 6.61 Å². The average Bonchev–Trinajstić information content (AvgIpc) is 2.49. The van der Waals surface area contributed by atoms with Gasteiger partial charge in [-0.15, -0.1) is 0 Å². The lowest BCUT2D eigenvalue weighted by molar-refractivity contribution is 0.357. The fraction of sp³-hybridized carbons (Fsp3) is 0.455. The molecule has 1 heterocycles. The summed E-state index contributed by atoms with van der Waals surface area (Å²) in [6, 6.07) is 6.51. The standard InChI is InChI=1S/C11H13BrO/c1-8(12)6-9-2-3-11-10(7-9)4-5-13-11/h2-3,7-8H,4-6H2,1H3. The van der Waals surface area contributed by atoms with E-state index in [9.17, 15) is 0 Å². The summed E-state index contributed by atoms with van der Waals surface area (Å²) in [5, 5.41) is 0. The molecule has 0 radical (unpaired) electrons. The number of benzene rings is 1. The van der Waals surface area contributed by atoms with Gasteiger partial charge in [-0.05, 0) is 23.6 Å². The van der Waals surface area contributed by atoms with Gasteiger partial charge in [0.25, 0.3) is 0 Å². The van der Waals surface area contributed by atoms with Crippen molar-refractivity contribution >= 4 is 15.9 Å². The number of halogens is 1. The van der Waals surface area contributed by atoms with Crippen LogP contribution in [0.4, 0.5) is 0 Å². The van der Waals surface area contributed by atoms with E-state index in [-0.39, 0.29) is 0 Å². The Morgan fingerprint density at radius 1 is 1.54 bits per heavy atom. The summed E-state index contributed by atoms with van der Waals surface area (Å²) in [5.74, 6) is 1.07. The molecule has 0 spiro atoms. The van der Waals surface area contributed by atoms with E-state index >= 15 is 0 Å². The zero-order chi connectivity index (χ0) is 9.26. The van der Waals surface area contributed by atoms with Crippen molar-refractivity contribution in [3.05, 3.63) is 29.3 Å². The maximum Gasteiger partial charge on any atom is 0.122 e. The van der Waals surface area contributed by atoms with Gasteiger partial charge in [-0.1, -0.05) is 35.0 Å². The zero-order valence-electron chi connectivity index (χ0n) is 7.72. The fourth-order valence-corrected chi connectivity index (χ4v) is 2.07. The molecule has 0 aromatic heterocycles. The lowest BCUT2D eigenvalue weighted by atomic mass is 10.1. The van der Waals surface area contributed by atoms with E-state index in [1.807, 2.05) is 0 Å². The summed E-state index contributed by atoms with van der Waals surface area (Å²) < 4.78 is 5.45. The van der Waals surface area contributed by atoms with Crippen molar-refractivity contribution in [3.8, 4) is 5.75 Å². The molecule has 70 valence electrons. The van der Waals surface area contributed by atoms with E-state index in [4.69, 9.17) is 4.74 Å². The first-order chi connectivity index (χ1) is 6.25. The lowest BCUT2D eigenvalue weighted by Crippen LogP contribution is -1.96. The highest BCUT2D eigenvalue weighted by atomic mass is 79.9. The molecule has 0 N–H and O–H groups in total. The average molecular weight is 241 g/mol. The minimum Gasteiger partial charge on any atom is -0.493 e. The zero-order valence-corrected chi connectivity index (χ0v) is 9.30. The minimum absolute atomic E-state index is 0.549. The minimum atomic E-state index is 0.549. The number of alkyl halides is 1. The van der Waals surface area contributed by atoms with Gasteiger partial charge in [-0.25, -0.2) is 0 Å². The van der Waals surface area contributed by atoms with Crippen LogP contribution in [-0.2, 0) is 12.8 Å². The summed E-state index contributed by atoms with van der Waals surface area (Å²) in [6.45, 7) is 3.02. The first-order valence-corrected chi connectivity index (χ1v) is 5.56. The molecule has 0 aliphatic carbocycles. The van der Waals surface area contributed by atoms with Crippen molar-refractivity contribution in [1.82, 2.24) is 0 Å². The van der Waals surface area contributed by atoms with Crippen molar-refractivity contribution in [2.24, 2.45) is 0 Å². The smallest absolute Gasteiger partial charge is 0.122 e. The Morgan fingerprint density at radius 2 is 2.38 bits per heavy atom. The van der Waals surface area contributed by atoms with Crippen molar-refractivity contribution in [2.45, 2.75) is 24.6 Å². The third-order valence-corrected chi connectivity index (χ3v) is 2.59. The number of hydrogen-bond donors (Lipinski definition) is 0. The molecule has 2 heteroatoms. The second-order valence-electron chi connectivity index (χ2n) is 3.53. The lowest BCUT2D eigenvalue weighted by Gasteiger charge is -2.05. The molecular weight excluding hydrogens is 228 g/mol. The predicted molar refractivity (Wildman–Crippen MR) is 57.7 cm³/mol. The molecule has 1 nitrogen and oxygen atoms in total. The number of hydrogen-bond acceptors (Lipinski definition) is 1. The van der Waals surface area contributed by atoms with Crippen LogP contribution in [-0.4, -0.2) is 11.4 Å². The van der Waals surface area contributed by atoms with Gasteiger partial charge in [0.1, 0.15) is 5.75 Å². The predicted octanol–water partition coefficient (Wildman–Crippen LogP) is 2.95. The Balaban J connectivity index is 2.21. The molecule has 1 unspecified atom stereocenters. The van der Waals surface area contributed by atoms with Crippen LogP contribution in [0, 0.1) is 0 Å². The van der Waals surface area contributed by atoms with Gasteiger partial charge in [-0.3, -0.25) is 0 Å². The number of fused-ring (bicyclic) bond motifs is 1. The summed E-state index contributed by atoms with van der Waals surface area (Å²) in [6.07, 6.45) is 2.16. The van der Waals surface area contributed by atoms with Crippen LogP contribution in [0.25, 0.3) is 0 Å². The van der Waals surface area contributed by atoms with Crippen LogP contribution >= 0.6 is 15.9 Å². The molecule has 1 aromatic carbocycles. The number of rotatable bonds is 2. The SMILES string of the molecule is CC(Br)Cc1ccc2c(c1)CCO2. The Kier molecular flexibility index (Phi) is 2.58. The van der Waals surface area contributed by atoms with Crippen molar-refractivity contribution in [3.63, 3.8) is 0 Å². The largest absolute Gasteiger partial charge is 0.493 e. The highest BCUT2D eigenvalue weighted by Crippen LogP contribution is 2.26. The molecule has 0 saturated heterocycles. The van der Waals surface area contributed by atoms with Gasteiger partial charge in [-0.2, -0.15) is 0 Å². The topological polar surface area (TPSA) is 9.23 Å². The van der Waals surface area contributed by atoms with Gasteiger partial charge < -0.3 is 4.74 Å². The van der Waals surface area contributed by atoms with Crippen molar-refractivity contribution < 1.29 is 4.74 Å². The number of ether oxygens (including phenoxy) is 1. The third kappa shape index (κ3) is 2.05. The molecular formula is C11H13BrO. The van der Waals surface area contributed by atoms with E-state index < -0.39 is 0 Å². The van der Waals surface area contributed by atoms with E-state index in [1.165, 1.54) is 11.1 Å². The molecule has 0 fully saturated rings. The summed E-state index contributed by atoms with van der Waals surface area (Å²) in [7, 11) is 0. The van der Waals surface area contributed by atoms with E-state index in [0.717, 1.165) is 25.2 Å². The first-order valence-electron chi connectivity index (χ1n) is 4.64. The van der Waals surface area contributed by atoms with Gasteiger partial charge in [0.2, 0.25) is 0 Å². The Labute approximate surface area is 87.2 Å². The summed E-state index contributed by atoms with van der Waals surface area (Å²) in [5.41, 5.74) is 2.76. The Bertz CT molecular complexity index is 307. The van der Waals surface area contributed by atoms with Crippen LogP contribution in [0.5, 0.6) is 5.75 Å². The molecule has 13 heavy (non-hydrogen) atoms. The van der Waals surface area contributed by atoms with Crippen molar-refractivity contribution in [1.29, 1.82) is 0 Å². The highest BCUT2D eigenvalue weighted by molar-refractivity contribution is 9.09. The van der Waals surface area contributed by atoms with Crippen LogP contribution in [0.15, 0.2) is 18.2 Å². The molecule has 0 amide bonds.